The number of anilines is 1. The normalized spacial score (nSPS) is 11.3. The molecule has 2 N–H and O–H groups in total. The first kappa shape index (κ1) is 15.2. The Morgan fingerprint density at radius 2 is 1.94 bits per heavy atom. The molecule has 0 aromatic heterocycles. The maximum Gasteiger partial charge on any atom is 0.239 e. The van der Waals surface area contributed by atoms with Crippen molar-refractivity contribution in [3.63, 3.8) is 0 Å². The Balaban J connectivity index is 2.57. The van der Waals surface area contributed by atoms with Crippen molar-refractivity contribution >= 4 is 44.8 Å². The lowest BCUT2D eigenvalue weighted by atomic mass is 10.3. The molecule has 1 amide bonds. The average Bonchev–Trinajstić information content (AvgIpc) is 2.32. The van der Waals surface area contributed by atoms with Gasteiger partial charge in [0.15, 0.2) is 0 Å². The summed E-state index contributed by atoms with van der Waals surface area (Å²) in [6.45, 7) is 1.16. The van der Waals surface area contributed by atoms with E-state index in [1.807, 2.05) is 0 Å². The van der Waals surface area contributed by atoms with Gasteiger partial charge in [0.05, 0.1) is 22.3 Å². The van der Waals surface area contributed by atoms with Gasteiger partial charge in [-0.3, -0.25) is 4.79 Å². The summed E-state index contributed by atoms with van der Waals surface area (Å²) < 4.78 is 24.4. The van der Waals surface area contributed by atoms with E-state index >= 15 is 0 Å². The highest BCUT2D eigenvalue weighted by molar-refractivity contribution is 7.89. The number of nitrogens with one attached hydrogen (secondary N) is 2. The van der Waals surface area contributed by atoms with Crippen molar-refractivity contribution in [2.75, 3.05) is 17.6 Å². The first-order chi connectivity index (χ1) is 8.34. The predicted molar refractivity (Wildman–Crippen MR) is 72.6 cm³/mol. The van der Waals surface area contributed by atoms with Gasteiger partial charge in [-0.25, -0.2) is 13.1 Å². The lowest BCUT2D eigenvalue weighted by molar-refractivity contribution is -0.115. The fourth-order valence-corrected chi connectivity index (χ4v) is 1.91. The summed E-state index contributed by atoms with van der Waals surface area (Å²) in [4.78, 5) is 11.5. The molecule has 1 rings (SSSR count). The van der Waals surface area contributed by atoms with Crippen molar-refractivity contribution in [3.05, 3.63) is 28.2 Å². The minimum atomic E-state index is -3.38. The molecule has 0 spiro atoms. The Hall–Kier alpha value is -0.820. The van der Waals surface area contributed by atoms with Crippen LogP contribution in [-0.4, -0.2) is 26.6 Å². The molecule has 100 valence electrons. The minimum absolute atomic E-state index is 0.0763. The van der Waals surface area contributed by atoms with Gasteiger partial charge in [-0.1, -0.05) is 23.2 Å². The largest absolute Gasteiger partial charge is 0.325 e. The Bertz CT molecular complexity index is 546. The van der Waals surface area contributed by atoms with Crippen molar-refractivity contribution in [3.8, 4) is 0 Å². The third-order valence-electron chi connectivity index (χ3n) is 2.04. The predicted octanol–water partition coefficient (Wildman–Crippen LogP) is 1.87. The summed E-state index contributed by atoms with van der Waals surface area (Å²) in [6, 6.07) is 4.59. The van der Waals surface area contributed by atoms with Crippen LogP contribution in [0.25, 0.3) is 0 Å². The van der Waals surface area contributed by atoms with Crippen LogP contribution in [0.15, 0.2) is 18.2 Å². The molecule has 0 aliphatic carbocycles. The van der Waals surface area contributed by atoms with Crippen LogP contribution >= 0.6 is 23.2 Å². The van der Waals surface area contributed by atoms with Gasteiger partial charge < -0.3 is 5.32 Å². The zero-order chi connectivity index (χ0) is 13.8. The highest BCUT2D eigenvalue weighted by atomic mass is 35.5. The summed E-state index contributed by atoms with van der Waals surface area (Å²) in [6.07, 6.45) is 0. The Kier molecular flexibility index (Phi) is 5.40. The molecule has 0 heterocycles. The van der Waals surface area contributed by atoms with E-state index in [4.69, 9.17) is 23.2 Å². The van der Waals surface area contributed by atoms with Gasteiger partial charge in [0.1, 0.15) is 0 Å². The molecule has 0 radical (unpaired) electrons. The van der Waals surface area contributed by atoms with E-state index in [9.17, 15) is 13.2 Å². The monoisotopic (exact) mass is 310 g/mol. The molecule has 0 atom stereocenters. The highest BCUT2D eigenvalue weighted by Gasteiger charge is 2.10. The first-order valence-corrected chi connectivity index (χ1v) is 7.47. The third-order valence-corrected chi connectivity index (χ3v) is 4.12. The topological polar surface area (TPSA) is 75.3 Å². The highest BCUT2D eigenvalue weighted by Crippen LogP contribution is 2.24. The van der Waals surface area contributed by atoms with Crippen molar-refractivity contribution in [2.24, 2.45) is 0 Å². The zero-order valence-corrected chi connectivity index (χ0v) is 11.9. The molecule has 1 aromatic carbocycles. The summed E-state index contributed by atoms with van der Waals surface area (Å²) in [5.41, 5.74) is 0.449. The molecule has 1 aromatic rings. The van der Waals surface area contributed by atoms with E-state index in [0.29, 0.717) is 15.7 Å². The SMILES string of the molecule is CCS(=O)(=O)NCC(=O)Nc1ccc(Cl)c(Cl)c1. The number of amides is 1. The summed E-state index contributed by atoms with van der Waals surface area (Å²) in [5, 5.41) is 3.18. The second-order valence-corrected chi connectivity index (χ2v) is 6.31. The number of rotatable bonds is 5. The number of hydrogen-bond acceptors (Lipinski definition) is 3. The fraction of sp³-hybridized carbons (Fsp3) is 0.300. The van der Waals surface area contributed by atoms with Crippen LogP contribution in [0.5, 0.6) is 0 Å². The number of hydrogen-bond donors (Lipinski definition) is 2. The molecule has 0 bridgehead atoms. The molecule has 5 nitrogen and oxygen atoms in total. The molecular formula is C10H12Cl2N2O3S. The van der Waals surface area contributed by atoms with E-state index in [0.717, 1.165) is 0 Å². The van der Waals surface area contributed by atoms with Gasteiger partial charge in [0.2, 0.25) is 15.9 Å². The number of sulfonamides is 1. The lowest BCUT2D eigenvalue weighted by Gasteiger charge is -2.07. The molecule has 0 unspecified atom stereocenters. The van der Waals surface area contributed by atoms with Gasteiger partial charge >= 0.3 is 0 Å². The average molecular weight is 311 g/mol. The Morgan fingerprint density at radius 3 is 2.50 bits per heavy atom. The van der Waals surface area contributed by atoms with Crippen LogP contribution in [0.2, 0.25) is 10.0 Å². The van der Waals surface area contributed by atoms with Crippen molar-refractivity contribution < 1.29 is 13.2 Å². The second kappa shape index (κ2) is 6.38. The van der Waals surface area contributed by atoms with Crippen LogP contribution in [0.4, 0.5) is 5.69 Å². The van der Waals surface area contributed by atoms with Crippen LogP contribution in [0.1, 0.15) is 6.92 Å². The van der Waals surface area contributed by atoms with Gasteiger partial charge in [-0.15, -0.1) is 0 Å². The first-order valence-electron chi connectivity index (χ1n) is 5.06. The molecule has 0 fully saturated rings. The van der Waals surface area contributed by atoms with Crippen molar-refractivity contribution in [2.45, 2.75) is 6.92 Å². The second-order valence-electron chi connectivity index (χ2n) is 3.40. The molecule has 0 saturated carbocycles. The van der Waals surface area contributed by atoms with Crippen LogP contribution < -0.4 is 10.0 Å². The van der Waals surface area contributed by atoms with Gasteiger partial charge in [-0.2, -0.15) is 0 Å². The number of halogens is 2. The lowest BCUT2D eigenvalue weighted by Crippen LogP contribution is -2.33. The zero-order valence-electron chi connectivity index (χ0n) is 9.54. The van der Waals surface area contributed by atoms with Crippen LogP contribution in [0.3, 0.4) is 0 Å². The molecule has 8 heteroatoms. The maximum absolute atomic E-state index is 11.5. The van der Waals surface area contributed by atoms with Crippen LogP contribution in [0, 0.1) is 0 Å². The van der Waals surface area contributed by atoms with Gasteiger partial charge in [0.25, 0.3) is 0 Å². The number of carbonyl (C=O) groups is 1. The summed E-state index contributed by atoms with van der Waals surface area (Å²) in [5.74, 6) is -0.557. The third kappa shape index (κ3) is 4.81. The smallest absolute Gasteiger partial charge is 0.239 e. The van der Waals surface area contributed by atoms with E-state index in [-0.39, 0.29) is 12.3 Å². The fourth-order valence-electron chi connectivity index (χ4n) is 1.06. The number of benzene rings is 1. The van der Waals surface area contributed by atoms with Crippen molar-refractivity contribution in [1.82, 2.24) is 4.72 Å². The molecule has 0 saturated heterocycles. The van der Waals surface area contributed by atoms with E-state index in [1.165, 1.54) is 19.1 Å². The minimum Gasteiger partial charge on any atom is -0.325 e. The van der Waals surface area contributed by atoms with E-state index in [1.54, 1.807) is 6.07 Å². The molecule has 18 heavy (non-hydrogen) atoms. The molecular weight excluding hydrogens is 299 g/mol. The quantitative estimate of drug-likeness (QED) is 0.871. The summed E-state index contributed by atoms with van der Waals surface area (Å²) >= 11 is 11.5. The van der Waals surface area contributed by atoms with E-state index in [2.05, 4.69) is 10.0 Å². The Labute approximate surface area is 116 Å². The van der Waals surface area contributed by atoms with Gasteiger partial charge in [-0.05, 0) is 25.1 Å². The molecule has 0 aliphatic rings. The standard InChI is InChI=1S/C10H12Cl2N2O3S/c1-2-18(16,17)13-6-10(15)14-7-3-4-8(11)9(12)5-7/h3-5,13H,2,6H2,1H3,(H,14,15). The molecule has 0 aliphatic heterocycles. The number of carbonyl (C=O) groups excluding carboxylic acids is 1. The maximum atomic E-state index is 11.5. The Morgan fingerprint density at radius 1 is 1.28 bits per heavy atom. The van der Waals surface area contributed by atoms with Crippen LogP contribution in [-0.2, 0) is 14.8 Å². The van der Waals surface area contributed by atoms with Crippen molar-refractivity contribution in [1.29, 1.82) is 0 Å². The van der Waals surface area contributed by atoms with E-state index < -0.39 is 15.9 Å². The summed E-state index contributed by atoms with van der Waals surface area (Å²) in [7, 11) is -3.38. The van der Waals surface area contributed by atoms with Gasteiger partial charge in [0, 0.05) is 5.69 Å².